The number of carbonyl (C=O) groups excluding carboxylic acids is 4. The second kappa shape index (κ2) is 11.3. The van der Waals surface area contributed by atoms with Crippen LogP contribution in [0.3, 0.4) is 0 Å². The van der Waals surface area contributed by atoms with Gasteiger partial charge in [0.1, 0.15) is 17.6 Å². The van der Waals surface area contributed by atoms with Crippen LogP contribution in [0.15, 0.2) is 36.4 Å². The first-order chi connectivity index (χ1) is 20.6. The Balaban J connectivity index is 1.34. The second-order valence-corrected chi connectivity index (χ2v) is 11.4. The van der Waals surface area contributed by atoms with E-state index in [9.17, 15) is 41.8 Å². The van der Waals surface area contributed by atoms with Crippen molar-refractivity contribution in [3.8, 4) is 5.75 Å². The van der Waals surface area contributed by atoms with Gasteiger partial charge in [-0.2, -0.15) is 13.2 Å². The molecule has 15 heteroatoms. The van der Waals surface area contributed by atoms with Gasteiger partial charge in [0.25, 0.3) is 11.8 Å². The van der Waals surface area contributed by atoms with Gasteiger partial charge in [0.2, 0.25) is 5.91 Å². The average Bonchev–Trinajstić information content (AvgIpc) is 3.15. The number of benzene rings is 2. The van der Waals surface area contributed by atoms with Crippen molar-refractivity contribution in [1.29, 1.82) is 0 Å². The van der Waals surface area contributed by atoms with E-state index < -0.39 is 64.7 Å². The lowest BCUT2D eigenvalue weighted by Crippen LogP contribution is -2.61. The van der Waals surface area contributed by atoms with Crippen LogP contribution in [0.25, 0.3) is 0 Å². The van der Waals surface area contributed by atoms with Gasteiger partial charge in [0.15, 0.2) is 12.8 Å². The third kappa shape index (κ3) is 5.40. The van der Waals surface area contributed by atoms with Crippen LogP contribution in [0.5, 0.6) is 5.75 Å². The van der Waals surface area contributed by atoms with Crippen LogP contribution in [0, 0.1) is 11.7 Å². The fourth-order valence-corrected chi connectivity index (χ4v) is 5.90. The van der Waals surface area contributed by atoms with Crippen molar-refractivity contribution in [2.45, 2.75) is 50.7 Å². The van der Waals surface area contributed by atoms with Gasteiger partial charge >= 0.3 is 12.2 Å². The van der Waals surface area contributed by atoms with E-state index in [0.717, 1.165) is 0 Å². The Labute approximate surface area is 249 Å². The number of amides is 5. The van der Waals surface area contributed by atoms with Gasteiger partial charge in [-0.05, 0) is 49.1 Å². The molecule has 2 fully saturated rings. The zero-order chi connectivity index (χ0) is 32.1. The molecule has 2 aromatic rings. The molecule has 3 aliphatic rings. The third-order valence-electron chi connectivity index (χ3n) is 8.34. The maximum atomic E-state index is 14.4. The summed E-state index contributed by atoms with van der Waals surface area (Å²) in [5.41, 5.74) is -2.31. The predicted octanol–water partition coefficient (Wildman–Crippen LogP) is 3.18. The highest BCUT2D eigenvalue weighted by Crippen LogP contribution is 2.44. The summed E-state index contributed by atoms with van der Waals surface area (Å²) >= 11 is 0. The van der Waals surface area contributed by atoms with Gasteiger partial charge in [-0.25, -0.2) is 9.18 Å². The quantitative estimate of drug-likeness (QED) is 0.440. The van der Waals surface area contributed by atoms with Crippen LogP contribution in [0.2, 0.25) is 0 Å². The fourth-order valence-electron chi connectivity index (χ4n) is 5.90. The molecule has 2 saturated heterocycles. The third-order valence-corrected chi connectivity index (χ3v) is 8.34. The number of urea groups is 1. The van der Waals surface area contributed by atoms with Gasteiger partial charge in [-0.1, -0.05) is 13.8 Å². The zero-order valence-corrected chi connectivity index (χ0v) is 24.1. The van der Waals surface area contributed by atoms with Crippen molar-refractivity contribution in [2.75, 3.05) is 37.0 Å². The number of hydrogen-bond acceptors (Lipinski definition) is 6. The van der Waals surface area contributed by atoms with Gasteiger partial charge < -0.3 is 25.4 Å². The van der Waals surface area contributed by atoms with E-state index >= 15 is 0 Å². The lowest BCUT2D eigenvalue weighted by molar-refractivity contribution is -0.138. The predicted molar refractivity (Wildman–Crippen MR) is 148 cm³/mol. The number of piperidine rings is 1. The normalized spacial score (nSPS) is 20.4. The molecule has 5 amide bonds. The number of nitrogens with zero attached hydrogens (tertiary/aromatic N) is 3. The molecular formula is C29H31F4N5O6. The molecule has 1 spiro atoms. The van der Waals surface area contributed by atoms with Crippen molar-refractivity contribution in [3.63, 3.8) is 0 Å². The molecule has 236 valence electrons. The Morgan fingerprint density at radius 3 is 2.43 bits per heavy atom. The van der Waals surface area contributed by atoms with Crippen LogP contribution < -0.4 is 20.3 Å². The highest BCUT2D eigenvalue weighted by molar-refractivity contribution is 6.00. The average molecular weight is 622 g/mol. The summed E-state index contributed by atoms with van der Waals surface area (Å²) in [7, 11) is 1.46. The summed E-state index contributed by atoms with van der Waals surface area (Å²) in [4.78, 5) is 55.6. The Morgan fingerprint density at radius 1 is 1.11 bits per heavy atom. The molecule has 0 radical (unpaired) electrons. The number of carbonyl (C=O) groups is 4. The summed E-state index contributed by atoms with van der Waals surface area (Å²) in [5.74, 6) is -3.33. The highest BCUT2D eigenvalue weighted by Gasteiger charge is 2.57. The summed E-state index contributed by atoms with van der Waals surface area (Å²) < 4.78 is 59.4. The van der Waals surface area contributed by atoms with Crippen LogP contribution in [0.4, 0.5) is 33.7 Å². The van der Waals surface area contributed by atoms with Crippen LogP contribution >= 0.6 is 0 Å². The molecule has 0 aromatic heterocycles. The van der Waals surface area contributed by atoms with Gasteiger partial charge in [0.05, 0.1) is 28.0 Å². The maximum Gasteiger partial charge on any atom is 0.416 e. The lowest BCUT2D eigenvalue weighted by atomic mass is 9.84. The maximum absolute atomic E-state index is 14.4. The van der Waals surface area contributed by atoms with Gasteiger partial charge in [-0.15, -0.1) is 0 Å². The number of ether oxygens (including phenoxy) is 1. The Morgan fingerprint density at radius 2 is 1.80 bits per heavy atom. The molecule has 0 aliphatic carbocycles. The fraction of sp³-hybridized carbons (Fsp3) is 0.448. The van der Waals surface area contributed by atoms with E-state index in [-0.39, 0.29) is 38.4 Å². The van der Waals surface area contributed by atoms with Gasteiger partial charge in [0, 0.05) is 26.2 Å². The first-order valence-corrected chi connectivity index (χ1v) is 13.9. The van der Waals surface area contributed by atoms with E-state index in [1.807, 2.05) is 0 Å². The monoisotopic (exact) mass is 621 g/mol. The van der Waals surface area contributed by atoms with Crippen molar-refractivity contribution >= 4 is 35.1 Å². The van der Waals surface area contributed by atoms with Crippen molar-refractivity contribution < 1.29 is 46.6 Å². The summed E-state index contributed by atoms with van der Waals surface area (Å²) in [6, 6.07) is 4.62. The SMILES string of the molecule is CC(C)[C@@H](NC(=O)c1cc(C(F)(F)F)ccc1F)C(=O)N1CCC2(CC1)C(O)N(C)C(=O)N2c1ccc2c(c1)OCC(=O)N2. The molecule has 5 rings (SSSR count). The summed E-state index contributed by atoms with van der Waals surface area (Å²) in [6.45, 7) is 3.22. The van der Waals surface area contributed by atoms with E-state index in [1.165, 1.54) is 21.7 Å². The highest BCUT2D eigenvalue weighted by atomic mass is 19.4. The molecule has 1 unspecified atom stereocenters. The molecule has 2 atom stereocenters. The smallest absolute Gasteiger partial charge is 0.416 e. The largest absolute Gasteiger partial charge is 0.482 e. The number of hydrogen-bond donors (Lipinski definition) is 3. The minimum absolute atomic E-state index is 0.0715. The standard InChI is InChI=1S/C29H31F4N5O6/c1-15(2)23(35-24(40)18-12-16(29(31,32)33)4-6-19(18)30)25(41)37-10-8-28(9-11-37)26(42)36(3)27(43)38(28)17-5-7-20-21(13-17)44-14-22(39)34-20/h4-7,12-13,15,23,26,42H,8-11,14H2,1-3H3,(H,34,39)(H,35,40)/t23-,26?/m1/s1. The van der Waals surface area contributed by atoms with Crippen LogP contribution in [0.1, 0.15) is 42.6 Å². The number of nitrogens with one attached hydrogen (secondary N) is 2. The first kappa shape index (κ1) is 31.0. The van der Waals surface area contributed by atoms with Crippen LogP contribution in [-0.2, 0) is 15.8 Å². The number of rotatable bonds is 5. The van der Waals surface area contributed by atoms with E-state index in [2.05, 4.69) is 10.6 Å². The second-order valence-electron chi connectivity index (χ2n) is 11.4. The van der Waals surface area contributed by atoms with Crippen LogP contribution in [-0.4, -0.2) is 83.2 Å². The van der Waals surface area contributed by atoms with Crippen molar-refractivity contribution in [1.82, 2.24) is 15.1 Å². The Bertz CT molecular complexity index is 1510. The first-order valence-electron chi connectivity index (χ1n) is 13.9. The number of likely N-dealkylation sites (N-methyl/N-ethyl adjacent to an activating group) is 1. The molecule has 0 bridgehead atoms. The molecular weight excluding hydrogens is 590 g/mol. The minimum atomic E-state index is -4.80. The molecule has 44 heavy (non-hydrogen) atoms. The van der Waals surface area contributed by atoms with Crippen molar-refractivity contribution in [3.05, 3.63) is 53.3 Å². The summed E-state index contributed by atoms with van der Waals surface area (Å²) in [5, 5.41) is 16.3. The summed E-state index contributed by atoms with van der Waals surface area (Å²) in [6.07, 6.45) is -5.73. The Hall–Kier alpha value is -4.40. The minimum Gasteiger partial charge on any atom is -0.482 e. The van der Waals surface area contributed by atoms with E-state index in [0.29, 0.717) is 35.3 Å². The number of fused-ring (bicyclic) bond motifs is 1. The van der Waals surface area contributed by atoms with E-state index in [1.54, 1.807) is 32.0 Å². The number of likely N-dealkylation sites (tertiary alicyclic amines) is 1. The topological polar surface area (TPSA) is 132 Å². The molecule has 3 heterocycles. The lowest BCUT2D eigenvalue weighted by Gasteiger charge is -2.46. The molecule has 11 nitrogen and oxygen atoms in total. The molecule has 0 saturated carbocycles. The Kier molecular flexibility index (Phi) is 7.95. The number of aliphatic hydroxyl groups is 1. The van der Waals surface area contributed by atoms with E-state index in [4.69, 9.17) is 4.74 Å². The van der Waals surface area contributed by atoms with Gasteiger partial charge in [-0.3, -0.25) is 24.2 Å². The number of halogens is 4. The van der Waals surface area contributed by atoms with Crippen molar-refractivity contribution in [2.24, 2.45) is 5.92 Å². The molecule has 2 aromatic carbocycles. The zero-order valence-electron chi connectivity index (χ0n) is 24.1. The number of aliphatic hydroxyl groups excluding tert-OH is 1. The molecule has 3 aliphatic heterocycles. The number of anilines is 2. The molecule has 3 N–H and O–H groups in total. The number of alkyl halides is 3.